The van der Waals surface area contributed by atoms with Gasteiger partial charge in [0.25, 0.3) is 0 Å². The molecule has 82 valence electrons. The lowest BCUT2D eigenvalue weighted by Gasteiger charge is -2.05. The Morgan fingerprint density at radius 3 is 2.94 bits per heavy atom. The third-order valence-electron chi connectivity index (χ3n) is 2.24. The molecule has 0 aliphatic rings. The lowest BCUT2D eigenvalue weighted by atomic mass is 10.1. The van der Waals surface area contributed by atoms with Crippen molar-refractivity contribution in [2.75, 3.05) is 7.11 Å². The standard InChI is InChI=1S/C11H9ClN2O2/c1-16-8-2-3-9(10(12)4-8)11-7(6-15)5-13-14-11/h2-6H,1H3,(H,13,14). The van der Waals surface area contributed by atoms with E-state index in [9.17, 15) is 4.79 Å². The Hall–Kier alpha value is -1.81. The number of carbonyl (C=O) groups excluding carboxylic acids is 1. The van der Waals surface area contributed by atoms with Gasteiger partial charge >= 0.3 is 0 Å². The van der Waals surface area contributed by atoms with Crippen LogP contribution < -0.4 is 4.74 Å². The van der Waals surface area contributed by atoms with E-state index in [0.717, 1.165) is 11.8 Å². The zero-order valence-corrected chi connectivity index (χ0v) is 9.28. The molecule has 1 N–H and O–H groups in total. The molecule has 0 amide bonds. The summed E-state index contributed by atoms with van der Waals surface area (Å²) < 4.78 is 5.04. The monoisotopic (exact) mass is 236 g/mol. The van der Waals surface area contributed by atoms with Crippen LogP contribution in [0.5, 0.6) is 5.75 Å². The van der Waals surface area contributed by atoms with Gasteiger partial charge in [0.05, 0.1) is 29.6 Å². The highest BCUT2D eigenvalue weighted by Gasteiger charge is 2.11. The fourth-order valence-electron chi connectivity index (χ4n) is 1.43. The summed E-state index contributed by atoms with van der Waals surface area (Å²) in [6.45, 7) is 0. The number of benzene rings is 1. The van der Waals surface area contributed by atoms with Gasteiger partial charge in [-0.3, -0.25) is 9.89 Å². The van der Waals surface area contributed by atoms with Crippen molar-refractivity contribution >= 4 is 17.9 Å². The smallest absolute Gasteiger partial charge is 0.153 e. The van der Waals surface area contributed by atoms with E-state index in [1.54, 1.807) is 25.3 Å². The summed E-state index contributed by atoms with van der Waals surface area (Å²) in [5, 5.41) is 7.06. The average Bonchev–Trinajstić information content (AvgIpc) is 2.76. The van der Waals surface area contributed by atoms with Crippen molar-refractivity contribution < 1.29 is 9.53 Å². The maximum Gasteiger partial charge on any atom is 0.153 e. The van der Waals surface area contributed by atoms with Gasteiger partial charge in [0.15, 0.2) is 6.29 Å². The van der Waals surface area contributed by atoms with Crippen LogP contribution in [-0.4, -0.2) is 23.6 Å². The first-order valence-corrected chi connectivity index (χ1v) is 4.96. The SMILES string of the molecule is COc1ccc(-c2[nH]ncc2C=O)c(Cl)c1. The largest absolute Gasteiger partial charge is 0.497 e. The molecule has 0 aliphatic heterocycles. The van der Waals surface area contributed by atoms with Crippen molar-refractivity contribution in [3.8, 4) is 17.0 Å². The number of halogens is 1. The van der Waals surface area contributed by atoms with Gasteiger partial charge in [0.2, 0.25) is 0 Å². The molecule has 0 saturated heterocycles. The zero-order chi connectivity index (χ0) is 11.5. The topological polar surface area (TPSA) is 55.0 Å². The van der Waals surface area contributed by atoms with Crippen LogP contribution >= 0.6 is 11.6 Å². The Balaban J connectivity index is 2.52. The van der Waals surface area contributed by atoms with Crippen molar-refractivity contribution in [3.63, 3.8) is 0 Å². The molecule has 16 heavy (non-hydrogen) atoms. The van der Waals surface area contributed by atoms with Crippen molar-refractivity contribution in [1.82, 2.24) is 10.2 Å². The molecule has 0 fully saturated rings. The van der Waals surface area contributed by atoms with Gasteiger partial charge in [0.1, 0.15) is 5.75 Å². The number of nitrogens with zero attached hydrogens (tertiary/aromatic N) is 1. The Labute approximate surface area is 97.2 Å². The number of methoxy groups -OCH3 is 1. The number of hydrogen-bond acceptors (Lipinski definition) is 3. The molecule has 0 saturated carbocycles. The lowest BCUT2D eigenvalue weighted by molar-refractivity contribution is 0.112. The number of aromatic nitrogens is 2. The van der Waals surface area contributed by atoms with E-state index in [-0.39, 0.29) is 0 Å². The van der Waals surface area contributed by atoms with Crippen molar-refractivity contribution in [2.45, 2.75) is 0 Å². The maximum absolute atomic E-state index is 10.8. The molecule has 0 atom stereocenters. The molecule has 0 unspecified atom stereocenters. The normalized spacial score (nSPS) is 10.1. The number of ether oxygens (including phenoxy) is 1. The third-order valence-corrected chi connectivity index (χ3v) is 2.55. The van der Waals surface area contributed by atoms with Gasteiger partial charge < -0.3 is 4.74 Å². The highest BCUT2D eigenvalue weighted by molar-refractivity contribution is 6.33. The molecule has 0 bridgehead atoms. The average molecular weight is 237 g/mol. The molecule has 1 aromatic heterocycles. The van der Waals surface area contributed by atoms with Crippen LogP contribution in [-0.2, 0) is 0 Å². The summed E-state index contributed by atoms with van der Waals surface area (Å²) in [6.07, 6.45) is 2.20. The fraction of sp³-hybridized carbons (Fsp3) is 0.0909. The second-order valence-electron chi connectivity index (χ2n) is 3.16. The number of nitrogens with one attached hydrogen (secondary N) is 1. The summed E-state index contributed by atoms with van der Waals surface area (Å²) in [5.41, 5.74) is 1.82. The minimum atomic E-state index is 0.479. The highest BCUT2D eigenvalue weighted by Crippen LogP contribution is 2.31. The minimum absolute atomic E-state index is 0.479. The molecule has 2 rings (SSSR count). The van der Waals surface area contributed by atoms with Crippen molar-refractivity contribution in [1.29, 1.82) is 0 Å². The quantitative estimate of drug-likeness (QED) is 0.834. The van der Waals surface area contributed by atoms with Crippen LogP contribution in [0.25, 0.3) is 11.3 Å². The second-order valence-corrected chi connectivity index (χ2v) is 3.57. The van der Waals surface area contributed by atoms with Crippen molar-refractivity contribution in [2.24, 2.45) is 0 Å². The van der Waals surface area contributed by atoms with E-state index in [1.807, 2.05) is 0 Å². The van der Waals surface area contributed by atoms with Gasteiger partial charge in [0, 0.05) is 5.56 Å². The number of aldehydes is 1. The summed E-state index contributed by atoms with van der Waals surface area (Å²) in [7, 11) is 1.57. The molecule has 0 aliphatic carbocycles. The molecule has 1 aromatic carbocycles. The zero-order valence-electron chi connectivity index (χ0n) is 8.53. The minimum Gasteiger partial charge on any atom is -0.497 e. The molecular weight excluding hydrogens is 228 g/mol. The van der Waals surface area contributed by atoms with Crippen LogP contribution in [0, 0.1) is 0 Å². The van der Waals surface area contributed by atoms with E-state index in [4.69, 9.17) is 16.3 Å². The van der Waals surface area contributed by atoms with Gasteiger partial charge in [-0.2, -0.15) is 5.10 Å². The molecule has 5 heteroatoms. The summed E-state index contributed by atoms with van der Waals surface area (Å²) in [4.78, 5) is 10.8. The first kappa shape index (κ1) is 10.7. The highest BCUT2D eigenvalue weighted by atomic mass is 35.5. The molecule has 0 spiro atoms. The van der Waals surface area contributed by atoms with E-state index in [1.165, 1.54) is 6.20 Å². The van der Waals surface area contributed by atoms with Crippen LogP contribution in [0.2, 0.25) is 5.02 Å². The Kier molecular flexibility index (Phi) is 2.92. The second kappa shape index (κ2) is 4.37. The van der Waals surface area contributed by atoms with Gasteiger partial charge in [-0.15, -0.1) is 0 Å². The molecule has 4 nitrogen and oxygen atoms in total. The Bertz CT molecular complexity index is 522. The first-order valence-electron chi connectivity index (χ1n) is 4.58. The predicted octanol–water partition coefficient (Wildman–Crippen LogP) is 2.55. The van der Waals surface area contributed by atoms with Gasteiger partial charge in [-0.1, -0.05) is 11.6 Å². The van der Waals surface area contributed by atoms with E-state index >= 15 is 0 Å². The van der Waals surface area contributed by atoms with E-state index < -0.39 is 0 Å². The first-order chi connectivity index (χ1) is 7.76. The number of rotatable bonds is 3. The predicted molar refractivity (Wildman–Crippen MR) is 61.0 cm³/mol. The van der Waals surface area contributed by atoms with Crippen LogP contribution in [0.3, 0.4) is 0 Å². The van der Waals surface area contributed by atoms with Crippen LogP contribution in [0.15, 0.2) is 24.4 Å². The number of H-pyrrole nitrogens is 1. The summed E-state index contributed by atoms with van der Waals surface area (Å²) in [5.74, 6) is 0.668. The maximum atomic E-state index is 10.8. The van der Waals surface area contributed by atoms with Gasteiger partial charge in [-0.05, 0) is 18.2 Å². The number of hydrogen-bond donors (Lipinski definition) is 1. The third kappa shape index (κ3) is 1.79. The van der Waals surface area contributed by atoms with Crippen molar-refractivity contribution in [3.05, 3.63) is 35.0 Å². The van der Waals surface area contributed by atoms with E-state index in [0.29, 0.717) is 22.0 Å². The summed E-state index contributed by atoms with van der Waals surface area (Å²) >= 11 is 6.08. The van der Waals surface area contributed by atoms with Gasteiger partial charge in [-0.25, -0.2) is 0 Å². The van der Waals surface area contributed by atoms with Crippen LogP contribution in [0.4, 0.5) is 0 Å². The molecular formula is C11H9ClN2O2. The van der Waals surface area contributed by atoms with Crippen LogP contribution in [0.1, 0.15) is 10.4 Å². The number of carbonyl (C=O) groups is 1. The summed E-state index contributed by atoms with van der Waals surface area (Å²) in [6, 6.07) is 5.24. The Morgan fingerprint density at radius 2 is 2.31 bits per heavy atom. The fourth-order valence-corrected chi connectivity index (χ4v) is 1.69. The lowest BCUT2D eigenvalue weighted by Crippen LogP contribution is -1.88. The van der Waals surface area contributed by atoms with E-state index in [2.05, 4.69) is 10.2 Å². The molecule has 2 aromatic rings. The Morgan fingerprint density at radius 1 is 1.50 bits per heavy atom. The molecule has 1 heterocycles. The molecule has 0 radical (unpaired) electrons. The number of aromatic amines is 1.